The van der Waals surface area contributed by atoms with Gasteiger partial charge in [-0.3, -0.25) is 9.36 Å². The molecule has 1 aliphatic heterocycles. The van der Waals surface area contributed by atoms with Crippen molar-refractivity contribution in [2.75, 3.05) is 20.8 Å². The van der Waals surface area contributed by atoms with Gasteiger partial charge in [-0.15, -0.1) is 0 Å². The third-order valence-corrected chi connectivity index (χ3v) is 9.78. The van der Waals surface area contributed by atoms with Gasteiger partial charge in [0.05, 0.1) is 51.8 Å². The molecule has 1 atom stereocenters. The summed E-state index contributed by atoms with van der Waals surface area (Å²) in [6, 6.07) is 23.9. The van der Waals surface area contributed by atoms with E-state index in [2.05, 4.69) is 28.7 Å². The lowest BCUT2D eigenvalue weighted by Crippen LogP contribution is -2.40. The minimum Gasteiger partial charge on any atom is -0.496 e. The number of fused-ring (bicyclic) bond motifs is 2. The van der Waals surface area contributed by atoms with Crippen molar-refractivity contribution in [3.8, 4) is 23.3 Å². The quantitative estimate of drug-likeness (QED) is 0.133. The van der Waals surface area contributed by atoms with E-state index in [0.29, 0.717) is 49.0 Å². The zero-order chi connectivity index (χ0) is 33.9. The summed E-state index contributed by atoms with van der Waals surface area (Å²) in [6.07, 6.45) is 1.78. The molecule has 1 aliphatic rings. The van der Waals surface area contributed by atoms with Crippen molar-refractivity contribution in [3.63, 3.8) is 0 Å². The van der Waals surface area contributed by atoms with Crippen LogP contribution in [0.2, 0.25) is 0 Å². The Morgan fingerprint density at radius 3 is 2.56 bits per heavy atom. The van der Waals surface area contributed by atoms with Crippen LogP contribution in [0.4, 0.5) is 0 Å². The van der Waals surface area contributed by atoms with Gasteiger partial charge in [-0.05, 0) is 83.1 Å². The van der Waals surface area contributed by atoms with E-state index in [1.54, 1.807) is 50.8 Å². The Kier molecular flexibility index (Phi) is 9.66. The molecule has 242 valence electrons. The van der Waals surface area contributed by atoms with E-state index in [-0.39, 0.29) is 24.3 Å². The van der Waals surface area contributed by atoms with Gasteiger partial charge in [-0.1, -0.05) is 59.9 Å². The number of carbonyl (C=O) groups is 1. The summed E-state index contributed by atoms with van der Waals surface area (Å²) in [5, 5.41) is 11.3. The lowest BCUT2D eigenvalue weighted by Gasteiger charge is -2.27. The second kappa shape index (κ2) is 14.0. The molecular weight excluding hydrogens is 741 g/mol. The summed E-state index contributed by atoms with van der Waals surface area (Å²) in [6.45, 7) is 3.86. The number of hydrogen-bond donors (Lipinski definition) is 0. The Hall–Kier alpha value is -4.93. The molecule has 0 amide bonds. The molecule has 4 aromatic carbocycles. The van der Waals surface area contributed by atoms with Gasteiger partial charge in [-0.25, -0.2) is 9.79 Å². The van der Waals surface area contributed by atoms with E-state index in [4.69, 9.17) is 23.9 Å². The molecule has 11 heteroatoms. The first-order valence-corrected chi connectivity index (χ1v) is 16.9. The van der Waals surface area contributed by atoms with Crippen molar-refractivity contribution < 1.29 is 23.7 Å². The maximum atomic E-state index is 14.4. The highest BCUT2D eigenvalue weighted by Gasteiger charge is 2.36. The topological polar surface area (TPSA) is 112 Å². The van der Waals surface area contributed by atoms with Crippen molar-refractivity contribution in [2.24, 2.45) is 4.99 Å². The second-order valence-electron chi connectivity index (χ2n) is 10.8. The number of allylic oxidation sites excluding steroid dienone is 1. The van der Waals surface area contributed by atoms with E-state index < -0.39 is 12.0 Å². The number of thiazole rings is 1. The lowest BCUT2D eigenvalue weighted by molar-refractivity contribution is -0.139. The maximum Gasteiger partial charge on any atom is 0.338 e. The minimum atomic E-state index is -0.842. The number of hydrogen-bond acceptors (Lipinski definition) is 9. The number of esters is 1. The molecule has 5 aromatic rings. The lowest BCUT2D eigenvalue weighted by atomic mass is 9.90. The number of methoxy groups -OCH3 is 2. The highest BCUT2D eigenvalue weighted by Crippen LogP contribution is 2.40. The number of nitriles is 1. The molecule has 0 spiro atoms. The van der Waals surface area contributed by atoms with Crippen LogP contribution in [0.15, 0.2) is 93.9 Å². The minimum absolute atomic E-state index is 0.171. The summed E-state index contributed by atoms with van der Waals surface area (Å²) >= 11 is 3.41. The first kappa shape index (κ1) is 33.0. The zero-order valence-electron chi connectivity index (χ0n) is 26.6. The van der Waals surface area contributed by atoms with Gasteiger partial charge in [0.25, 0.3) is 5.56 Å². The van der Waals surface area contributed by atoms with Gasteiger partial charge in [-0.2, -0.15) is 5.26 Å². The monoisotopic (exact) mass is 771 g/mol. The molecule has 9 nitrogen and oxygen atoms in total. The third kappa shape index (κ3) is 6.09. The summed E-state index contributed by atoms with van der Waals surface area (Å²) in [5.74, 6) is 1.01. The smallest absolute Gasteiger partial charge is 0.338 e. The number of nitrogens with zero attached hydrogens (tertiary/aromatic N) is 3. The highest BCUT2D eigenvalue weighted by atomic mass is 127. The predicted octanol–water partition coefficient (Wildman–Crippen LogP) is 6.02. The fourth-order valence-corrected chi connectivity index (χ4v) is 7.65. The van der Waals surface area contributed by atoms with Crippen LogP contribution in [0.3, 0.4) is 0 Å². The Bertz CT molecular complexity index is 2340. The largest absolute Gasteiger partial charge is 0.496 e. The van der Waals surface area contributed by atoms with E-state index in [0.717, 1.165) is 19.9 Å². The van der Waals surface area contributed by atoms with Gasteiger partial charge < -0.3 is 18.9 Å². The number of ether oxygens (including phenoxy) is 4. The third-order valence-electron chi connectivity index (χ3n) is 8.00. The summed E-state index contributed by atoms with van der Waals surface area (Å²) in [7, 11) is 3.12. The van der Waals surface area contributed by atoms with Crippen LogP contribution in [0, 0.1) is 14.9 Å². The van der Waals surface area contributed by atoms with Gasteiger partial charge >= 0.3 is 5.97 Å². The zero-order valence-corrected chi connectivity index (χ0v) is 29.5. The van der Waals surface area contributed by atoms with Crippen LogP contribution in [-0.2, 0) is 16.1 Å². The molecule has 0 saturated carbocycles. The van der Waals surface area contributed by atoms with Crippen LogP contribution < -0.4 is 29.1 Å². The van der Waals surface area contributed by atoms with Crippen molar-refractivity contribution in [3.05, 3.63) is 130 Å². The fourth-order valence-electron chi connectivity index (χ4n) is 5.82. The summed E-state index contributed by atoms with van der Waals surface area (Å²) in [5.41, 5.74) is 3.13. The molecule has 0 bridgehead atoms. The Morgan fingerprint density at radius 1 is 1.06 bits per heavy atom. The predicted molar refractivity (Wildman–Crippen MR) is 192 cm³/mol. The Balaban J connectivity index is 1.49. The molecule has 6 rings (SSSR count). The van der Waals surface area contributed by atoms with Crippen LogP contribution >= 0.6 is 33.9 Å². The number of rotatable bonds is 9. The first-order chi connectivity index (χ1) is 23.3. The fraction of sp³-hybridized carbons (Fsp3) is 0.189. The summed E-state index contributed by atoms with van der Waals surface area (Å²) < 4.78 is 25.9. The number of aromatic nitrogens is 1. The van der Waals surface area contributed by atoms with Crippen molar-refractivity contribution in [2.45, 2.75) is 26.5 Å². The number of halogens is 1. The molecule has 48 heavy (non-hydrogen) atoms. The van der Waals surface area contributed by atoms with E-state index >= 15 is 0 Å². The van der Waals surface area contributed by atoms with Gasteiger partial charge in [0.2, 0.25) is 0 Å². The highest BCUT2D eigenvalue weighted by molar-refractivity contribution is 14.1. The molecule has 1 aromatic heterocycles. The molecule has 2 heterocycles. The van der Waals surface area contributed by atoms with Crippen molar-refractivity contribution in [1.82, 2.24) is 4.57 Å². The molecule has 0 unspecified atom stereocenters. The summed E-state index contributed by atoms with van der Waals surface area (Å²) in [4.78, 5) is 33.1. The molecular formula is C37H30IN3O6S. The van der Waals surface area contributed by atoms with Crippen molar-refractivity contribution in [1.29, 1.82) is 5.26 Å². The van der Waals surface area contributed by atoms with Crippen molar-refractivity contribution >= 4 is 56.7 Å². The molecule has 0 fully saturated rings. The average Bonchev–Trinajstić information content (AvgIpc) is 3.40. The standard InChI is InChI=1S/C37H30IN3O6S/c1-5-46-36(43)31-21(2)40-37-41(33(31)32-26-13-9-8-10-23(26)14-15-28(32)44-3)35(42)30(48-37)18-22-16-27(38)34(29(17-22)45-4)47-20-25-12-7-6-11-24(25)19-39/h6-18,33H,5,20H2,1-4H3/b30-18+/t33-/m1/s1. The maximum absolute atomic E-state index is 14.4. The Morgan fingerprint density at radius 2 is 1.81 bits per heavy atom. The van der Waals surface area contributed by atoms with E-state index in [1.807, 2.05) is 60.7 Å². The normalized spacial score (nSPS) is 14.2. The second-order valence-corrected chi connectivity index (χ2v) is 13.0. The Labute approximate surface area is 294 Å². The van der Waals surface area contributed by atoms with Crippen LogP contribution in [-0.4, -0.2) is 31.4 Å². The van der Waals surface area contributed by atoms with E-state index in [9.17, 15) is 14.9 Å². The van der Waals surface area contributed by atoms with Crippen LogP contribution in [0.25, 0.3) is 16.8 Å². The average molecular weight is 772 g/mol. The molecule has 0 saturated heterocycles. The molecule has 0 aliphatic carbocycles. The van der Waals surface area contributed by atoms with Crippen LogP contribution in [0.5, 0.6) is 17.2 Å². The van der Waals surface area contributed by atoms with Gasteiger partial charge in [0.15, 0.2) is 16.3 Å². The van der Waals surface area contributed by atoms with E-state index in [1.165, 1.54) is 11.3 Å². The molecule has 0 radical (unpaired) electrons. The van der Waals surface area contributed by atoms with Gasteiger partial charge in [0.1, 0.15) is 18.4 Å². The molecule has 0 N–H and O–H groups in total. The van der Waals surface area contributed by atoms with Gasteiger partial charge in [0, 0.05) is 11.1 Å². The number of carbonyl (C=O) groups excluding carboxylic acids is 1. The van der Waals surface area contributed by atoms with Crippen LogP contribution in [0.1, 0.15) is 42.1 Å². The number of benzene rings is 4. The SMILES string of the molecule is CCOC(=O)C1=C(C)N=c2s/c(=C/c3cc(I)c(OCc4ccccc4C#N)c(OC)c3)c(=O)n2[C@H]1c1c(OC)ccc2ccccc12. The first-order valence-electron chi connectivity index (χ1n) is 15.0.